The molecule has 0 aliphatic rings. The summed E-state index contributed by atoms with van der Waals surface area (Å²) in [4.78, 5) is 2.38. The van der Waals surface area contributed by atoms with Crippen LogP contribution < -0.4 is 0 Å². The maximum Gasteiger partial charge on any atom is 0.0496 e. The van der Waals surface area contributed by atoms with Crippen molar-refractivity contribution in [3.63, 3.8) is 0 Å². The van der Waals surface area contributed by atoms with Crippen molar-refractivity contribution < 1.29 is 4.74 Å². The second kappa shape index (κ2) is 8.75. The summed E-state index contributed by atoms with van der Waals surface area (Å²) in [6.45, 7) is 8.53. The molecular weight excluding hydrogens is 150 g/mol. The fourth-order valence-electron chi connectivity index (χ4n) is 1.01. The van der Waals surface area contributed by atoms with E-state index in [4.69, 9.17) is 4.74 Å². The quantitative estimate of drug-likeness (QED) is 0.428. The number of rotatable bonds is 7. The lowest BCUT2D eigenvalue weighted by atomic mass is 10.3. The Bertz CT molecular complexity index is 108. The van der Waals surface area contributed by atoms with Crippen molar-refractivity contribution in [2.45, 2.75) is 20.3 Å². The number of ether oxygens (including phenoxy) is 1. The molecule has 0 radical (unpaired) electrons. The van der Waals surface area contributed by atoms with Crippen molar-refractivity contribution in [1.29, 1.82) is 0 Å². The highest BCUT2D eigenvalue weighted by molar-refractivity contribution is 4.84. The normalized spacial score (nSPS) is 11.7. The predicted molar refractivity (Wildman–Crippen MR) is 53.4 cm³/mol. The molecule has 0 aliphatic heterocycles. The first-order valence-corrected chi connectivity index (χ1v) is 4.71. The molecule has 0 fully saturated rings. The Balaban J connectivity index is 3.31. The van der Waals surface area contributed by atoms with Gasteiger partial charge < -0.3 is 9.64 Å². The van der Waals surface area contributed by atoms with Gasteiger partial charge in [-0.2, -0.15) is 0 Å². The van der Waals surface area contributed by atoms with E-state index in [0.717, 1.165) is 32.7 Å². The van der Waals surface area contributed by atoms with Crippen LogP contribution in [-0.2, 0) is 4.74 Å². The molecule has 0 aromatic carbocycles. The molecule has 0 heterocycles. The Hall–Kier alpha value is -0.340. The zero-order valence-corrected chi connectivity index (χ0v) is 8.55. The lowest BCUT2D eigenvalue weighted by Gasteiger charge is -2.14. The van der Waals surface area contributed by atoms with Crippen LogP contribution in [0.1, 0.15) is 20.3 Å². The van der Waals surface area contributed by atoms with Crippen molar-refractivity contribution >= 4 is 0 Å². The van der Waals surface area contributed by atoms with Gasteiger partial charge in [-0.05, 0) is 19.5 Å². The molecule has 0 spiro atoms. The molecule has 2 heteroatoms. The number of nitrogens with zero attached hydrogens (tertiary/aromatic N) is 1. The highest BCUT2D eigenvalue weighted by Crippen LogP contribution is 1.89. The minimum Gasteiger partial charge on any atom is -0.384 e. The fraction of sp³-hybridized carbons (Fsp3) is 0.800. The van der Waals surface area contributed by atoms with E-state index < -0.39 is 0 Å². The molecule has 0 aliphatic carbocycles. The van der Waals surface area contributed by atoms with Crippen LogP contribution in [0.2, 0.25) is 0 Å². The van der Waals surface area contributed by atoms with Gasteiger partial charge >= 0.3 is 0 Å². The fourth-order valence-corrected chi connectivity index (χ4v) is 1.01. The van der Waals surface area contributed by atoms with Gasteiger partial charge in [0.2, 0.25) is 0 Å². The van der Waals surface area contributed by atoms with Crippen molar-refractivity contribution in [1.82, 2.24) is 4.90 Å². The third-order valence-electron chi connectivity index (χ3n) is 1.91. The zero-order chi connectivity index (χ0) is 9.23. The molecule has 0 aromatic rings. The zero-order valence-electron chi connectivity index (χ0n) is 8.55. The lowest BCUT2D eigenvalue weighted by Crippen LogP contribution is -2.22. The third-order valence-corrected chi connectivity index (χ3v) is 1.91. The van der Waals surface area contributed by atoms with Gasteiger partial charge in [0.05, 0.1) is 0 Å². The molecule has 2 nitrogen and oxygen atoms in total. The maximum absolute atomic E-state index is 4.94. The molecule has 0 saturated heterocycles. The highest BCUT2D eigenvalue weighted by Gasteiger charge is 1.92. The lowest BCUT2D eigenvalue weighted by molar-refractivity contribution is 0.204. The molecule has 0 unspecified atom stereocenters. The molecule has 0 N–H and O–H groups in total. The number of likely N-dealkylation sites (N-methyl/N-ethyl adjacent to an activating group) is 1. The van der Waals surface area contributed by atoms with Gasteiger partial charge in [0.25, 0.3) is 0 Å². The molecule has 0 rings (SSSR count). The van der Waals surface area contributed by atoms with Crippen molar-refractivity contribution in [2.24, 2.45) is 0 Å². The molecule has 0 atom stereocenters. The van der Waals surface area contributed by atoms with Crippen LogP contribution in [0.4, 0.5) is 0 Å². The summed E-state index contributed by atoms with van der Waals surface area (Å²) in [7, 11) is 1.73. The van der Waals surface area contributed by atoms with E-state index in [2.05, 4.69) is 30.9 Å². The number of methoxy groups -OCH3 is 1. The van der Waals surface area contributed by atoms with E-state index in [9.17, 15) is 0 Å². The van der Waals surface area contributed by atoms with E-state index in [-0.39, 0.29) is 0 Å². The van der Waals surface area contributed by atoms with E-state index in [1.807, 2.05) is 0 Å². The molecular formula is C10H21NO. The van der Waals surface area contributed by atoms with E-state index >= 15 is 0 Å². The average Bonchev–Trinajstić information content (AvgIpc) is 2.11. The Morgan fingerprint density at radius 3 is 2.33 bits per heavy atom. The van der Waals surface area contributed by atoms with Gasteiger partial charge in [-0.15, -0.1) is 0 Å². The largest absolute Gasteiger partial charge is 0.384 e. The van der Waals surface area contributed by atoms with Crippen LogP contribution >= 0.6 is 0 Å². The smallest absolute Gasteiger partial charge is 0.0496 e. The highest BCUT2D eigenvalue weighted by atomic mass is 16.5. The monoisotopic (exact) mass is 171 g/mol. The van der Waals surface area contributed by atoms with Crippen molar-refractivity contribution in [2.75, 3.05) is 33.4 Å². The summed E-state index contributed by atoms with van der Waals surface area (Å²) < 4.78 is 4.94. The van der Waals surface area contributed by atoms with Gasteiger partial charge in [-0.3, -0.25) is 0 Å². The first-order chi connectivity index (χ1) is 5.85. The van der Waals surface area contributed by atoms with E-state index in [1.54, 1.807) is 7.11 Å². The van der Waals surface area contributed by atoms with Gasteiger partial charge in [-0.1, -0.05) is 26.0 Å². The molecule has 12 heavy (non-hydrogen) atoms. The number of hydrogen-bond donors (Lipinski definition) is 0. The number of hydrogen-bond acceptors (Lipinski definition) is 2. The van der Waals surface area contributed by atoms with Crippen LogP contribution in [0.25, 0.3) is 0 Å². The maximum atomic E-state index is 4.94. The molecule has 0 amide bonds. The summed E-state index contributed by atoms with van der Waals surface area (Å²) in [5, 5.41) is 0. The Morgan fingerprint density at radius 1 is 1.17 bits per heavy atom. The van der Waals surface area contributed by atoms with E-state index in [0.29, 0.717) is 0 Å². The summed E-state index contributed by atoms with van der Waals surface area (Å²) in [5.41, 5.74) is 0. The SMILES string of the molecule is CCN(CC)C/C=C/CCOC. The third kappa shape index (κ3) is 6.38. The first kappa shape index (κ1) is 11.7. The molecule has 0 bridgehead atoms. The predicted octanol–water partition coefficient (Wildman–Crippen LogP) is 1.92. The topological polar surface area (TPSA) is 12.5 Å². The standard InChI is InChI=1S/C10H21NO/c1-4-11(5-2)9-7-6-8-10-12-3/h6-7H,4-5,8-10H2,1-3H3/b7-6+. The van der Waals surface area contributed by atoms with Gasteiger partial charge in [-0.25, -0.2) is 0 Å². The second-order valence-electron chi connectivity index (χ2n) is 2.74. The van der Waals surface area contributed by atoms with Gasteiger partial charge in [0, 0.05) is 20.3 Å². The Kier molecular flexibility index (Phi) is 8.51. The van der Waals surface area contributed by atoms with Crippen LogP contribution in [0, 0.1) is 0 Å². The van der Waals surface area contributed by atoms with Gasteiger partial charge in [0.1, 0.15) is 0 Å². The molecule has 72 valence electrons. The molecule has 0 aromatic heterocycles. The summed E-state index contributed by atoms with van der Waals surface area (Å²) in [6.07, 6.45) is 5.42. The Labute approximate surface area is 76.2 Å². The van der Waals surface area contributed by atoms with Crippen LogP contribution in [0.3, 0.4) is 0 Å². The second-order valence-corrected chi connectivity index (χ2v) is 2.74. The molecule has 0 saturated carbocycles. The first-order valence-electron chi connectivity index (χ1n) is 4.71. The summed E-state index contributed by atoms with van der Waals surface area (Å²) in [6, 6.07) is 0. The minimum absolute atomic E-state index is 0.828. The van der Waals surface area contributed by atoms with Crippen LogP contribution in [-0.4, -0.2) is 38.3 Å². The van der Waals surface area contributed by atoms with Gasteiger partial charge in [0.15, 0.2) is 0 Å². The minimum atomic E-state index is 0.828. The van der Waals surface area contributed by atoms with E-state index in [1.165, 1.54) is 0 Å². The Morgan fingerprint density at radius 2 is 1.83 bits per heavy atom. The van der Waals surface area contributed by atoms with Crippen LogP contribution in [0.15, 0.2) is 12.2 Å². The summed E-state index contributed by atoms with van der Waals surface area (Å²) >= 11 is 0. The van der Waals surface area contributed by atoms with Crippen molar-refractivity contribution in [3.8, 4) is 0 Å². The van der Waals surface area contributed by atoms with Crippen molar-refractivity contribution in [3.05, 3.63) is 12.2 Å². The van der Waals surface area contributed by atoms with Crippen LogP contribution in [0.5, 0.6) is 0 Å². The average molecular weight is 171 g/mol. The summed E-state index contributed by atoms with van der Waals surface area (Å²) in [5.74, 6) is 0.